The van der Waals surface area contributed by atoms with Gasteiger partial charge in [-0.3, -0.25) is 4.98 Å². The van der Waals surface area contributed by atoms with E-state index in [1.807, 2.05) is 26.0 Å². The molecule has 0 bridgehead atoms. The molecule has 1 aromatic rings. The van der Waals surface area contributed by atoms with Gasteiger partial charge in [-0.25, -0.2) is 9.59 Å². The molecule has 0 radical (unpaired) electrons. The molecule has 110 valence electrons. The van der Waals surface area contributed by atoms with Crippen molar-refractivity contribution < 1.29 is 14.7 Å². The number of hydrogen-bond acceptors (Lipinski definition) is 3. The highest BCUT2D eigenvalue weighted by molar-refractivity contribution is 5.82. The minimum absolute atomic E-state index is 0.286. The normalized spacial score (nSPS) is 11.7. The van der Waals surface area contributed by atoms with Crippen LogP contribution in [0.2, 0.25) is 0 Å². The van der Waals surface area contributed by atoms with E-state index >= 15 is 0 Å². The smallest absolute Gasteiger partial charge is 0.326 e. The summed E-state index contributed by atoms with van der Waals surface area (Å²) in [7, 11) is 0. The van der Waals surface area contributed by atoms with Crippen molar-refractivity contribution >= 4 is 12.0 Å². The number of aromatic nitrogens is 1. The Bertz CT molecular complexity index is 463. The first-order valence-electron chi connectivity index (χ1n) is 6.78. The number of urea groups is 1. The van der Waals surface area contributed by atoms with Gasteiger partial charge in [0.15, 0.2) is 0 Å². The lowest BCUT2D eigenvalue weighted by Crippen LogP contribution is -2.45. The maximum absolute atomic E-state index is 11.7. The van der Waals surface area contributed by atoms with Crippen molar-refractivity contribution in [1.29, 1.82) is 0 Å². The number of amides is 2. The molecule has 1 unspecified atom stereocenters. The first-order chi connectivity index (χ1) is 9.58. The predicted molar refractivity (Wildman–Crippen MR) is 75.3 cm³/mol. The number of rotatable bonds is 7. The zero-order valence-electron chi connectivity index (χ0n) is 11.8. The molecule has 0 fully saturated rings. The van der Waals surface area contributed by atoms with Gasteiger partial charge < -0.3 is 15.7 Å². The summed E-state index contributed by atoms with van der Waals surface area (Å²) in [6, 6.07) is 2.47. The number of nitrogens with zero attached hydrogens (tertiary/aromatic N) is 1. The predicted octanol–water partition coefficient (Wildman–Crippen LogP) is 1.70. The van der Waals surface area contributed by atoms with Gasteiger partial charge in [-0.1, -0.05) is 26.3 Å². The average molecular weight is 279 g/mol. The Hall–Kier alpha value is -2.11. The van der Waals surface area contributed by atoms with Crippen molar-refractivity contribution in [1.82, 2.24) is 15.6 Å². The van der Waals surface area contributed by atoms with Crippen LogP contribution in [0.15, 0.2) is 18.3 Å². The van der Waals surface area contributed by atoms with Crippen LogP contribution in [0.25, 0.3) is 0 Å². The van der Waals surface area contributed by atoms with Gasteiger partial charge in [0.2, 0.25) is 0 Å². The topological polar surface area (TPSA) is 91.3 Å². The zero-order valence-corrected chi connectivity index (χ0v) is 11.8. The molecule has 0 saturated heterocycles. The second kappa shape index (κ2) is 8.14. The molecule has 6 nitrogen and oxygen atoms in total. The number of hydrogen-bond donors (Lipinski definition) is 3. The van der Waals surface area contributed by atoms with Gasteiger partial charge in [0, 0.05) is 6.20 Å². The van der Waals surface area contributed by atoms with Crippen LogP contribution < -0.4 is 10.6 Å². The van der Waals surface area contributed by atoms with Crippen LogP contribution in [0.1, 0.15) is 37.9 Å². The molecule has 2 amide bonds. The van der Waals surface area contributed by atoms with Crippen LogP contribution in [-0.4, -0.2) is 28.1 Å². The lowest BCUT2D eigenvalue weighted by molar-refractivity contribution is -0.139. The number of carboxylic acid groups (broad SMARTS) is 1. The molecule has 1 rings (SSSR count). The standard InChI is InChI=1S/C14H21N3O3/c1-3-6-11(13(18)19)17-14(20)16-9-12-10(4-2)7-5-8-15-12/h5,7-8,11H,3-4,6,9H2,1-2H3,(H,18,19)(H2,16,17,20). The SMILES string of the molecule is CCCC(NC(=O)NCc1ncccc1CC)C(=O)O. The van der Waals surface area contributed by atoms with Crippen molar-refractivity contribution in [2.45, 2.75) is 45.7 Å². The molecule has 0 spiro atoms. The molecule has 20 heavy (non-hydrogen) atoms. The quantitative estimate of drug-likeness (QED) is 0.708. The van der Waals surface area contributed by atoms with Gasteiger partial charge in [0.25, 0.3) is 0 Å². The van der Waals surface area contributed by atoms with Gasteiger partial charge in [-0.05, 0) is 24.5 Å². The van der Waals surface area contributed by atoms with E-state index in [0.29, 0.717) is 12.8 Å². The van der Waals surface area contributed by atoms with Crippen molar-refractivity contribution in [3.63, 3.8) is 0 Å². The van der Waals surface area contributed by atoms with Gasteiger partial charge in [0.05, 0.1) is 12.2 Å². The molecular weight excluding hydrogens is 258 g/mol. The fourth-order valence-corrected chi connectivity index (χ4v) is 1.87. The van der Waals surface area contributed by atoms with Gasteiger partial charge in [0.1, 0.15) is 6.04 Å². The molecule has 0 saturated carbocycles. The molecule has 0 aliphatic heterocycles. The molecule has 0 aliphatic rings. The summed E-state index contributed by atoms with van der Waals surface area (Å²) in [5, 5.41) is 14.1. The summed E-state index contributed by atoms with van der Waals surface area (Å²) in [6.45, 7) is 4.17. The number of aryl methyl sites for hydroxylation is 1. The Morgan fingerprint density at radius 1 is 1.40 bits per heavy atom. The second-order valence-corrected chi connectivity index (χ2v) is 4.47. The fourth-order valence-electron chi connectivity index (χ4n) is 1.87. The summed E-state index contributed by atoms with van der Waals surface area (Å²) >= 11 is 0. The van der Waals surface area contributed by atoms with Gasteiger partial charge in [-0.2, -0.15) is 0 Å². The number of carboxylic acids is 1. The second-order valence-electron chi connectivity index (χ2n) is 4.47. The molecule has 3 N–H and O–H groups in total. The first-order valence-corrected chi connectivity index (χ1v) is 6.78. The highest BCUT2D eigenvalue weighted by atomic mass is 16.4. The van der Waals surface area contributed by atoms with Crippen LogP contribution in [0, 0.1) is 0 Å². The average Bonchev–Trinajstić information content (AvgIpc) is 2.44. The monoisotopic (exact) mass is 279 g/mol. The third-order valence-electron chi connectivity index (χ3n) is 2.96. The van der Waals surface area contributed by atoms with E-state index in [-0.39, 0.29) is 6.54 Å². The van der Waals surface area contributed by atoms with E-state index in [1.165, 1.54) is 0 Å². The summed E-state index contributed by atoms with van der Waals surface area (Å²) in [6.07, 6.45) is 3.61. The number of pyridine rings is 1. The highest BCUT2D eigenvalue weighted by Crippen LogP contribution is 2.05. The zero-order chi connectivity index (χ0) is 15.0. The van der Waals surface area contributed by atoms with Gasteiger partial charge in [-0.15, -0.1) is 0 Å². The molecule has 0 aromatic carbocycles. The number of aliphatic carboxylic acids is 1. The summed E-state index contributed by atoms with van der Waals surface area (Å²) in [4.78, 5) is 26.9. The Labute approximate surface area is 118 Å². The first kappa shape index (κ1) is 15.9. The molecular formula is C14H21N3O3. The van der Waals surface area contributed by atoms with Crippen LogP contribution >= 0.6 is 0 Å². The third kappa shape index (κ3) is 4.87. The molecule has 6 heteroatoms. The van der Waals surface area contributed by atoms with Gasteiger partial charge >= 0.3 is 12.0 Å². The number of nitrogens with one attached hydrogen (secondary N) is 2. The maximum atomic E-state index is 11.7. The van der Waals surface area contributed by atoms with Crippen molar-refractivity contribution in [2.24, 2.45) is 0 Å². The van der Waals surface area contributed by atoms with Crippen LogP contribution in [0.5, 0.6) is 0 Å². The van der Waals surface area contributed by atoms with E-state index < -0.39 is 18.0 Å². The minimum atomic E-state index is -1.02. The lowest BCUT2D eigenvalue weighted by Gasteiger charge is -2.14. The summed E-state index contributed by atoms with van der Waals surface area (Å²) < 4.78 is 0. The molecule has 1 aromatic heterocycles. The third-order valence-corrected chi connectivity index (χ3v) is 2.96. The van der Waals surface area contributed by atoms with Crippen molar-refractivity contribution in [3.8, 4) is 0 Å². The van der Waals surface area contributed by atoms with E-state index in [0.717, 1.165) is 17.7 Å². The highest BCUT2D eigenvalue weighted by Gasteiger charge is 2.18. The minimum Gasteiger partial charge on any atom is -0.480 e. The largest absolute Gasteiger partial charge is 0.480 e. The Morgan fingerprint density at radius 2 is 2.15 bits per heavy atom. The molecule has 1 heterocycles. The van der Waals surface area contributed by atoms with E-state index in [4.69, 9.17) is 5.11 Å². The summed E-state index contributed by atoms with van der Waals surface area (Å²) in [5.74, 6) is -1.02. The maximum Gasteiger partial charge on any atom is 0.326 e. The van der Waals surface area contributed by atoms with Crippen molar-refractivity contribution in [2.75, 3.05) is 0 Å². The molecule has 0 aliphatic carbocycles. The Kier molecular flexibility index (Phi) is 6.49. The fraction of sp³-hybridized carbons (Fsp3) is 0.500. The van der Waals surface area contributed by atoms with E-state index in [2.05, 4.69) is 15.6 Å². The van der Waals surface area contributed by atoms with Crippen LogP contribution in [0.4, 0.5) is 4.79 Å². The number of carbonyl (C=O) groups excluding carboxylic acids is 1. The Balaban J connectivity index is 2.52. The van der Waals surface area contributed by atoms with E-state index in [1.54, 1.807) is 6.20 Å². The van der Waals surface area contributed by atoms with Crippen molar-refractivity contribution in [3.05, 3.63) is 29.6 Å². The Morgan fingerprint density at radius 3 is 2.75 bits per heavy atom. The summed E-state index contributed by atoms with van der Waals surface area (Å²) in [5.41, 5.74) is 1.86. The van der Waals surface area contributed by atoms with Crippen LogP contribution in [-0.2, 0) is 17.8 Å². The molecule has 1 atom stereocenters. The lowest BCUT2D eigenvalue weighted by atomic mass is 10.1. The van der Waals surface area contributed by atoms with Crippen LogP contribution in [0.3, 0.4) is 0 Å². The number of carbonyl (C=O) groups is 2. The van der Waals surface area contributed by atoms with E-state index in [9.17, 15) is 9.59 Å².